The predicted molar refractivity (Wildman–Crippen MR) is 143 cm³/mol. The summed E-state index contributed by atoms with van der Waals surface area (Å²) in [7, 11) is 4.27. The van der Waals surface area contributed by atoms with Crippen molar-refractivity contribution in [3.63, 3.8) is 0 Å². The van der Waals surface area contributed by atoms with Crippen LogP contribution in [-0.2, 0) is 18.3 Å². The van der Waals surface area contributed by atoms with Crippen LogP contribution < -0.4 is 9.64 Å². The van der Waals surface area contributed by atoms with Gasteiger partial charge in [-0.05, 0) is 36.1 Å². The highest BCUT2D eigenvalue weighted by Gasteiger charge is 2.51. The zero-order valence-corrected chi connectivity index (χ0v) is 20.2. The Labute approximate surface area is 207 Å². The van der Waals surface area contributed by atoms with Gasteiger partial charge in [0.2, 0.25) is 11.6 Å². The van der Waals surface area contributed by atoms with Crippen LogP contribution in [0.1, 0.15) is 16.7 Å². The number of rotatable bonds is 5. The topological polar surface area (TPSA) is 15.5 Å². The highest BCUT2D eigenvalue weighted by molar-refractivity contribution is 6.05. The SMILES string of the molecule is CN1/C(=C/C2=[N+](C)c3ccccc3C2(Cc2ccccc2)Cc2ccccc2)Oc2ccccc21. The molecule has 172 valence electrons. The smallest absolute Gasteiger partial charge is 0.209 e. The minimum Gasteiger partial charge on any atom is -0.438 e. The molecule has 0 saturated heterocycles. The number of ether oxygens (including phenoxy) is 1. The summed E-state index contributed by atoms with van der Waals surface area (Å²) in [6.07, 6.45) is 4.06. The second-order valence-electron chi connectivity index (χ2n) is 9.48. The van der Waals surface area contributed by atoms with Gasteiger partial charge in [-0.3, -0.25) is 0 Å². The van der Waals surface area contributed by atoms with E-state index < -0.39 is 0 Å². The number of hydrogen-bond acceptors (Lipinski definition) is 2. The normalized spacial score (nSPS) is 16.9. The molecule has 0 spiro atoms. The Kier molecular flexibility index (Phi) is 5.26. The first-order valence-corrected chi connectivity index (χ1v) is 12.2. The quantitative estimate of drug-likeness (QED) is 0.318. The van der Waals surface area contributed by atoms with E-state index in [1.54, 1.807) is 0 Å². The largest absolute Gasteiger partial charge is 0.438 e. The van der Waals surface area contributed by atoms with Gasteiger partial charge in [0, 0.05) is 18.7 Å². The van der Waals surface area contributed by atoms with Crippen LogP contribution in [0.4, 0.5) is 11.4 Å². The van der Waals surface area contributed by atoms with Gasteiger partial charge in [-0.15, -0.1) is 0 Å². The first-order valence-electron chi connectivity index (χ1n) is 12.2. The summed E-state index contributed by atoms with van der Waals surface area (Å²) in [6.45, 7) is 0. The molecular formula is C32H29N2O+. The van der Waals surface area contributed by atoms with Crippen molar-refractivity contribution in [2.45, 2.75) is 18.3 Å². The zero-order valence-electron chi connectivity index (χ0n) is 20.2. The number of hydrogen-bond donors (Lipinski definition) is 0. The molecule has 0 unspecified atom stereocenters. The van der Waals surface area contributed by atoms with Crippen LogP contribution in [0.25, 0.3) is 0 Å². The molecule has 2 heterocycles. The second kappa shape index (κ2) is 8.59. The number of benzene rings is 4. The molecule has 2 aliphatic rings. The van der Waals surface area contributed by atoms with Crippen LogP contribution in [-0.4, -0.2) is 24.4 Å². The maximum Gasteiger partial charge on any atom is 0.209 e. The van der Waals surface area contributed by atoms with E-state index in [4.69, 9.17) is 4.74 Å². The van der Waals surface area contributed by atoms with E-state index in [-0.39, 0.29) is 5.41 Å². The summed E-state index contributed by atoms with van der Waals surface area (Å²) < 4.78 is 8.72. The average Bonchev–Trinajstić information content (AvgIpc) is 3.33. The standard InChI is InChI=1S/C32H29N2O/c1-33-27-18-10-9-17-26(27)32(22-24-13-5-3-6-14-24,23-25-15-7-4-8-16-25)30(33)21-31-34(2)28-19-11-12-20-29(28)35-31/h3-21H,22-23H2,1-2H3/q+1. The Morgan fingerprint density at radius 3 is 1.97 bits per heavy atom. The van der Waals surface area contributed by atoms with E-state index in [2.05, 4.69) is 127 Å². The summed E-state index contributed by atoms with van der Waals surface area (Å²) in [5, 5.41) is 0. The van der Waals surface area contributed by atoms with Gasteiger partial charge in [0.15, 0.2) is 11.5 Å². The van der Waals surface area contributed by atoms with Gasteiger partial charge in [-0.25, -0.2) is 0 Å². The Bertz CT molecular complexity index is 1400. The van der Waals surface area contributed by atoms with Gasteiger partial charge in [-0.1, -0.05) is 91.0 Å². The van der Waals surface area contributed by atoms with Crippen LogP contribution in [0.2, 0.25) is 0 Å². The number of allylic oxidation sites excluding steroid dienone is 1. The van der Waals surface area contributed by atoms with Crippen molar-refractivity contribution >= 4 is 17.1 Å². The van der Waals surface area contributed by atoms with E-state index in [0.717, 1.165) is 30.2 Å². The number of para-hydroxylation sites is 3. The Hall–Kier alpha value is -4.11. The molecule has 4 aromatic rings. The predicted octanol–water partition coefficient (Wildman–Crippen LogP) is 6.51. The van der Waals surface area contributed by atoms with Crippen molar-refractivity contribution in [1.29, 1.82) is 0 Å². The van der Waals surface area contributed by atoms with E-state index in [1.165, 1.54) is 28.1 Å². The molecule has 0 fully saturated rings. The van der Waals surface area contributed by atoms with E-state index in [1.807, 2.05) is 12.1 Å². The molecule has 0 radical (unpaired) electrons. The molecule has 0 saturated carbocycles. The average molecular weight is 458 g/mol. The van der Waals surface area contributed by atoms with Crippen LogP contribution in [0, 0.1) is 0 Å². The minimum absolute atomic E-state index is 0.236. The van der Waals surface area contributed by atoms with Crippen LogP contribution in [0.3, 0.4) is 0 Å². The van der Waals surface area contributed by atoms with Crippen molar-refractivity contribution in [2.75, 3.05) is 19.0 Å². The minimum atomic E-state index is -0.236. The number of anilines is 1. The molecule has 2 aliphatic heterocycles. The van der Waals surface area contributed by atoms with E-state index in [0.29, 0.717) is 0 Å². The fourth-order valence-corrected chi connectivity index (χ4v) is 5.68. The first kappa shape index (κ1) is 21.4. The van der Waals surface area contributed by atoms with Crippen molar-refractivity contribution in [2.24, 2.45) is 0 Å². The van der Waals surface area contributed by atoms with Gasteiger partial charge < -0.3 is 9.64 Å². The number of nitrogens with zero attached hydrogens (tertiary/aromatic N) is 2. The third-order valence-corrected chi connectivity index (χ3v) is 7.36. The lowest BCUT2D eigenvalue weighted by molar-refractivity contribution is -0.401. The molecule has 3 heteroatoms. The highest BCUT2D eigenvalue weighted by atomic mass is 16.5. The van der Waals surface area contributed by atoms with Crippen LogP contribution in [0.5, 0.6) is 5.75 Å². The summed E-state index contributed by atoms with van der Waals surface area (Å²) in [5.41, 5.74) is 7.38. The summed E-state index contributed by atoms with van der Waals surface area (Å²) >= 11 is 0. The molecule has 0 atom stereocenters. The molecule has 35 heavy (non-hydrogen) atoms. The van der Waals surface area contributed by atoms with Crippen LogP contribution >= 0.6 is 0 Å². The fourth-order valence-electron chi connectivity index (χ4n) is 5.68. The second-order valence-corrected chi connectivity index (χ2v) is 9.48. The van der Waals surface area contributed by atoms with Crippen molar-refractivity contribution in [3.05, 3.63) is 138 Å². The number of fused-ring (bicyclic) bond motifs is 2. The summed E-state index contributed by atoms with van der Waals surface area (Å²) in [4.78, 5) is 2.15. The Morgan fingerprint density at radius 2 is 1.31 bits per heavy atom. The first-order chi connectivity index (χ1) is 17.2. The third kappa shape index (κ3) is 3.64. The lowest BCUT2D eigenvalue weighted by Crippen LogP contribution is -2.39. The van der Waals surface area contributed by atoms with Crippen molar-refractivity contribution in [1.82, 2.24) is 0 Å². The molecule has 3 nitrogen and oxygen atoms in total. The lowest BCUT2D eigenvalue weighted by atomic mass is 9.69. The van der Waals surface area contributed by atoms with Gasteiger partial charge in [0.1, 0.15) is 7.05 Å². The third-order valence-electron chi connectivity index (χ3n) is 7.36. The van der Waals surface area contributed by atoms with Gasteiger partial charge in [0.05, 0.1) is 17.2 Å². The van der Waals surface area contributed by atoms with E-state index >= 15 is 0 Å². The summed E-state index contributed by atoms with van der Waals surface area (Å²) in [6, 6.07) is 38.8. The maximum atomic E-state index is 6.36. The van der Waals surface area contributed by atoms with Gasteiger partial charge in [-0.2, -0.15) is 4.58 Å². The molecule has 0 amide bonds. The molecule has 4 aromatic carbocycles. The molecular weight excluding hydrogens is 428 g/mol. The maximum absolute atomic E-state index is 6.36. The molecule has 0 aromatic heterocycles. The molecule has 0 N–H and O–H groups in total. The van der Waals surface area contributed by atoms with Crippen molar-refractivity contribution in [3.8, 4) is 5.75 Å². The highest BCUT2D eigenvalue weighted by Crippen LogP contribution is 2.46. The summed E-state index contributed by atoms with van der Waals surface area (Å²) in [5.74, 6) is 1.75. The van der Waals surface area contributed by atoms with Crippen molar-refractivity contribution < 1.29 is 9.31 Å². The van der Waals surface area contributed by atoms with Gasteiger partial charge >= 0.3 is 0 Å². The molecule has 6 rings (SSSR count). The Morgan fingerprint density at radius 1 is 0.743 bits per heavy atom. The Balaban J connectivity index is 1.54. The van der Waals surface area contributed by atoms with E-state index in [9.17, 15) is 0 Å². The molecule has 0 aliphatic carbocycles. The lowest BCUT2D eigenvalue weighted by Gasteiger charge is -2.28. The monoisotopic (exact) mass is 457 g/mol. The van der Waals surface area contributed by atoms with Crippen LogP contribution in [0.15, 0.2) is 121 Å². The fraction of sp³-hybridized carbons (Fsp3) is 0.156. The zero-order chi connectivity index (χ0) is 23.8. The van der Waals surface area contributed by atoms with Gasteiger partial charge in [0.25, 0.3) is 0 Å². The molecule has 0 bridgehead atoms.